The summed E-state index contributed by atoms with van der Waals surface area (Å²) in [6.07, 6.45) is 9.20. The highest BCUT2D eigenvalue weighted by molar-refractivity contribution is 7.91. The van der Waals surface area contributed by atoms with Crippen LogP contribution in [0.2, 0.25) is 0 Å². The Kier molecular flexibility index (Phi) is 4.83. The molecule has 1 atom stereocenters. The van der Waals surface area contributed by atoms with Crippen LogP contribution in [0.4, 0.5) is 0 Å². The quantitative estimate of drug-likeness (QED) is 0.764. The van der Waals surface area contributed by atoms with Crippen LogP contribution in [-0.2, 0) is 22.8 Å². The first-order valence-electron chi connectivity index (χ1n) is 9.27. The van der Waals surface area contributed by atoms with Crippen LogP contribution in [0.15, 0.2) is 18.7 Å². The van der Waals surface area contributed by atoms with Crippen LogP contribution in [0.25, 0.3) is 0 Å². The molecule has 4 heterocycles. The van der Waals surface area contributed by atoms with Gasteiger partial charge in [-0.15, -0.1) is 0 Å². The third-order valence-corrected chi connectivity index (χ3v) is 7.24. The minimum absolute atomic E-state index is 0.0998. The number of rotatable bonds is 5. The van der Waals surface area contributed by atoms with Gasteiger partial charge in [-0.1, -0.05) is 0 Å². The minimum Gasteiger partial charge on any atom is -0.330 e. The molecule has 0 radical (unpaired) electrons. The van der Waals surface area contributed by atoms with E-state index in [2.05, 4.69) is 16.9 Å². The molecular formula is C17H26N6O2S. The lowest BCUT2D eigenvalue weighted by Gasteiger charge is -2.28. The van der Waals surface area contributed by atoms with Crippen molar-refractivity contribution in [3.8, 4) is 0 Å². The molecule has 2 aromatic heterocycles. The van der Waals surface area contributed by atoms with Crippen molar-refractivity contribution in [2.45, 2.75) is 38.3 Å². The van der Waals surface area contributed by atoms with Gasteiger partial charge in [0.25, 0.3) is 0 Å². The number of sulfone groups is 1. The molecule has 2 aliphatic heterocycles. The normalized spacial score (nSPS) is 24.3. The molecule has 0 aromatic carbocycles. The van der Waals surface area contributed by atoms with E-state index in [0.29, 0.717) is 18.9 Å². The van der Waals surface area contributed by atoms with Crippen molar-refractivity contribution in [3.05, 3.63) is 30.4 Å². The van der Waals surface area contributed by atoms with Crippen molar-refractivity contribution in [1.82, 2.24) is 29.2 Å². The van der Waals surface area contributed by atoms with Gasteiger partial charge >= 0.3 is 0 Å². The van der Waals surface area contributed by atoms with Crippen LogP contribution in [0.5, 0.6) is 0 Å². The zero-order valence-electron chi connectivity index (χ0n) is 15.2. The van der Waals surface area contributed by atoms with Gasteiger partial charge in [0, 0.05) is 18.8 Å². The average Bonchev–Trinajstić information content (AvgIpc) is 3.31. The van der Waals surface area contributed by atoms with Crippen LogP contribution in [-0.4, -0.2) is 69.3 Å². The van der Waals surface area contributed by atoms with Gasteiger partial charge in [0.05, 0.1) is 30.4 Å². The number of hydrogen-bond donors (Lipinski definition) is 0. The maximum Gasteiger partial charge on any atom is 0.152 e. The monoisotopic (exact) mass is 378 g/mol. The first-order chi connectivity index (χ1) is 12.5. The zero-order valence-corrected chi connectivity index (χ0v) is 16.0. The van der Waals surface area contributed by atoms with Crippen molar-refractivity contribution < 1.29 is 8.42 Å². The van der Waals surface area contributed by atoms with Crippen molar-refractivity contribution in [3.63, 3.8) is 0 Å². The first kappa shape index (κ1) is 17.7. The third-order valence-electron chi connectivity index (χ3n) is 5.49. The van der Waals surface area contributed by atoms with E-state index in [1.54, 1.807) is 12.5 Å². The zero-order chi connectivity index (χ0) is 18.1. The summed E-state index contributed by atoms with van der Waals surface area (Å²) >= 11 is 0. The topological polar surface area (TPSA) is 85.9 Å². The van der Waals surface area contributed by atoms with E-state index < -0.39 is 9.84 Å². The van der Waals surface area contributed by atoms with Gasteiger partial charge in [-0.25, -0.2) is 23.1 Å². The maximum atomic E-state index is 11.9. The first-order valence-corrected chi connectivity index (χ1v) is 11.1. The number of piperidine rings is 1. The van der Waals surface area contributed by atoms with Crippen LogP contribution in [0.1, 0.15) is 37.0 Å². The summed E-state index contributed by atoms with van der Waals surface area (Å²) in [5.41, 5.74) is 0. The maximum absolute atomic E-state index is 11.9. The SMILES string of the molecule is CN1CCC(Cc2nc(Cn3ccnc3)n([C@H]3CCS(=O)(=O)C3)n2)CC1. The molecule has 0 aliphatic carbocycles. The summed E-state index contributed by atoms with van der Waals surface area (Å²) in [6, 6.07) is -0.0998. The van der Waals surface area contributed by atoms with Gasteiger partial charge in [0.1, 0.15) is 5.82 Å². The number of nitrogens with zero attached hydrogens (tertiary/aromatic N) is 6. The Hall–Kier alpha value is -1.74. The smallest absolute Gasteiger partial charge is 0.152 e. The van der Waals surface area contributed by atoms with Gasteiger partial charge in [-0.2, -0.15) is 5.10 Å². The Morgan fingerprint density at radius 1 is 1.23 bits per heavy atom. The van der Waals surface area contributed by atoms with Gasteiger partial charge in [-0.3, -0.25) is 0 Å². The fourth-order valence-electron chi connectivity index (χ4n) is 3.93. The molecule has 4 rings (SSSR count). The van der Waals surface area contributed by atoms with E-state index in [-0.39, 0.29) is 17.5 Å². The average molecular weight is 379 g/mol. The Balaban J connectivity index is 1.55. The van der Waals surface area contributed by atoms with Crippen LogP contribution in [0, 0.1) is 5.92 Å². The van der Waals surface area contributed by atoms with Crippen LogP contribution >= 0.6 is 0 Å². The second-order valence-corrected chi connectivity index (χ2v) is 9.86. The number of likely N-dealkylation sites (tertiary alicyclic amines) is 1. The summed E-state index contributed by atoms with van der Waals surface area (Å²) < 4.78 is 27.6. The lowest BCUT2D eigenvalue weighted by atomic mass is 9.94. The summed E-state index contributed by atoms with van der Waals surface area (Å²) in [5.74, 6) is 2.69. The molecule has 9 heteroatoms. The van der Waals surface area contributed by atoms with Gasteiger partial charge in [-0.05, 0) is 45.3 Å². The summed E-state index contributed by atoms with van der Waals surface area (Å²) in [4.78, 5) is 11.2. The van der Waals surface area contributed by atoms with E-state index in [1.165, 1.54) is 12.8 Å². The van der Waals surface area contributed by atoms with E-state index in [1.807, 2.05) is 15.4 Å². The Morgan fingerprint density at radius 3 is 2.69 bits per heavy atom. The molecule has 0 bridgehead atoms. The number of hydrogen-bond acceptors (Lipinski definition) is 6. The predicted octanol–water partition coefficient (Wildman–Crippen LogP) is 0.767. The molecule has 2 saturated heterocycles. The fourth-order valence-corrected chi connectivity index (χ4v) is 5.62. The van der Waals surface area contributed by atoms with Gasteiger partial charge in [0.2, 0.25) is 0 Å². The Labute approximate surface area is 154 Å². The summed E-state index contributed by atoms with van der Waals surface area (Å²) in [6.45, 7) is 2.80. The van der Waals surface area contributed by atoms with E-state index in [9.17, 15) is 8.42 Å². The Morgan fingerprint density at radius 2 is 2.04 bits per heavy atom. The highest BCUT2D eigenvalue weighted by Crippen LogP contribution is 2.26. The van der Waals surface area contributed by atoms with E-state index in [4.69, 9.17) is 10.1 Å². The molecule has 0 saturated carbocycles. The molecule has 0 amide bonds. The standard InChI is InChI=1S/C17H26N6O2S/c1-21-6-2-14(3-7-21)10-16-19-17(11-22-8-5-18-13-22)23(20-16)15-4-9-26(24,25)12-15/h5,8,13-15H,2-4,6-7,9-12H2,1H3/t15-/m0/s1. The lowest BCUT2D eigenvalue weighted by Crippen LogP contribution is -2.31. The number of imidazole rings is 1. The van der Waals surface area contributed by atoms with E-state index >= 15 is 0 Å². The molecule has 0 unspecified atom stereocenters. The fraction of sp³-hybridized carbons (Fsp3) is 0.706. The van der Waals surface area contributed by atoms with Crippen molar-refractivity contribution in [1.29, 1.82) is 0 Å². The van der Waals surface area contributed by atoms with Crippen LogP contribution in [0.3, 0.4) is 0 Å². The third kappa shape index (κ3) is 3.98. The van der Waals surface area contributed by atoms with Crippen molar-refractivity contribution in [2.75, 3.05) is 31.6 Å². The van der Waals surface area contributed by atoms with Gasteiger partial charge < -0.3 is 9.47 Å². The largest absolute Gasteiger partial charge is 0.330 e. The van der Waals surface area contributed by atoms with Crippen LogP contribution < -0.4 is 0 Å². The molecular weight excluding hydrogens is 352 g/mol. The minimum atomic E-state index is -2.96. The Bertz CT molecular complexity index is 837. The second-order valence-electron chi connectivity index (χ2n) is 7.63. The molecule has 26 heavy (non-hydrogen) atoms. The molecule has 142 valence electrons. The lowest BCUT2D eigenvalue weighted by molar-refractivity contribution is 0.217. The molecule has 2 aliphatic rings. The molecule has 2 aromatic rings. The highest BCUT2D eigenvalue weighted by Gasteiger charge is 2.32. The van der Waals surface area contributed by atoms with Crippen molar-refractivity contribution >= 4 is 9.84 Å². The number of aromatic nitrogens is 5. The molecule has 0 N–H and O–H groups in total. The van der Waals surface area contributed by atoms with E-state index in [0.717, 1.165) is 31.2 Å². The second kappa shape index (κ2) is 7.11. The predicted molar refractivity (Wildman–Crippen MR) is 97.6 cm³/mol. The summed E-state index contributed by atoms with van der Waals surface area (Å²) in [7, 11) is -0.800. The molecule has 0 spiro atoms. The van der Waals surface area contributed by atoms with Gasteiger partial charge in [0.15, 0.2) is 15.7 Å². The van der Waals surface area contributed by atoms with Crippen molar-refractivity contribution in [2.24, 2.45) is 5.92 Å². The molecule has 2 fully saturated rings. The molecule has 8 nitrogen and oxygen atoms in total. The highest BCUT2D eigenvalue weighted by atomic mass is 32.2. The summed E-state index contributed by atoms with van der Waals surface area (Å²) in [5, 5.41) is 4.75.